The van der Waals surface area contributed by atoms with Gasteiger partial charge >= 0.3 is 5.76 Å². The lowest BCUT2D eigenvalue weighted by molar-refractivity contribution is -0.122. The zero-order valence-electron chi connectivity index (χ0n) is 16.3. The number of nitrogens with zero attached hydrogens (tertiary/aromatic N) is 2. The quantitative estimate of drug-likeness (QED) is 0.702. The van der Waals surface area contributed by atoms with E-state index in [0.717, 1.165) is 38.0 Å². The summed E-state index contributed by atoms with van der Waals surface area (Å²) in [6.07, 6.45) is 3.42. The largest absolute Gasteiger partial charge is 0.419 e. The van der Waals surface area contributed by atoms with Gasteiger partial charge in [-0.05, 0) is 18.4 Å². The van der Waals surface area contributed by atoms with Gasteiger partial charge in [-0.3, -0.25) is 14.3 Å². The van der Waals surface area contributed by atoms with Crippen LogP contribution >= 0.6 is 0 Å². The summed E-state index contributed by atoms with van der Waals surface area (Å²) in [6.45, 7) is 2.81. The minimum absolute atomic E-state index is 0.0284. The van der Waals surface area contributed by atoms with Crippen LogP contribution in [0.15, 0.2) is 76.1 Å². The molecule has 29 heavy (non-hydrogen) atoms. The van der Waals surface area contributed by atoms with Gasteiger partial charge in [-0.1, -0.05) is 60.7 Å². The Labute approximate surface area is 169 Å². The summed E-state index contributed by atoms with van der Waals surface area (Å²) in [7, 11) is 0. The number of oxazole rings is 1. The maximum Gasteiger partial charge on any atom is 0.419 e. The first kappa shape index (κ1) is 19.2. The third kappa shape index (κ3) is 5.03. The second-order valence-corrected chi connectivity index (χ2v) is 7.46. The van der Waals surface area contributed by atoms with Crippen LogP contribution in [-0.4, -0.2) is 34.5 Å². The minimum atomic E-state index is -0.517. The van der Waals surface area contributed by atoms with Crippen LogP contribution in [0.3, 0.4) is 0 Å². The van der Waals surface area contributed by atoms with E-state index in [0.29, 0.717) is 5.76 Å². The maximum absolute atomic E-state index is 12.4. The molecule has 1 aliphatic rings. The topological polar surface area (TPSA) is 67.5 Å². The van der Waals surface area contributed by atoms with Gasteiger partial charge in [0.1, 0.15) is 6.54 Å². The number of piperidine rings is 1. The van der Waals surface area contributed by atoms with E-state index in [2.05, 4.69) is 34.5 Å². The van der Waals surface area contributed by atoms with Gasteiger partial charge in [0, 0.05) is 31.2 Å². The lowest BCUT2D eigenvalue weighted by Crippen LogP contribution is -2.45. The molecule has 1 aromatic heterocycles. The highest BCUT2D eigenvalue weighted by Crippen LogP contribution is 2.17. The number of amides is 1. The molecule has 1 amide bonds. The van der Waals surface area contributed by atoms with Crippen molar-refractivity contribution in [2.75, 3.05) is 13.1 Å². The summed E-state index contributed by atoms with van der Waals surface area (Å²) >= 11 is 0. The van der Waals surface area contributed by atoms with Gasteiger partial charge in [-0.25, -0.2) is 4.79 Å². The fourth-order valence-corrected chi connectivity index (χ4v) is 3.72. The van der Waals surface area contributed by atoms with Crippen molar-refractivity contribution in [2.24, 2.45) is 0 Å². The summed E-state index contributed by atoms with van der Waals surface area (Å²) in [5.41, 5.74) is 2.12. The number of aromatic nitrogens is 1. The molecule has 0 atom stereocenters. The minimum Gasteiger partial charge on any atom is -0.408 e. The van der Waals surface area contributed by atoms with Crippen molar-refractivity contribution >= 4 is 5.91 Å². The standard InChI is InChI=1S/C23H25N3O3/c27-22(17-26-16-21(29-23(26)28)19-9-5-2-6-10-19)24-20-11-13-25(14-12-20)15-18-7-3-1-4-8-18/h1-10,16,20H,11-15,17H2,(H,24,27). The fourth-order valence-electron chi connectivity index (χ4n) is 3.72. The molecule has 2 aromatic carbocycles. The van der Waals surface area contributed by atoms with Crippen molar-refractivity contribution in [3.05, 3.63) is 83.0 Å². The Morgan fingerprint density at radius 1 is 1.00 bits per heavy atom. The molecule has 0 spiro atoms. The Bertz CT molecular complexity index is 987. The van der Waals surface area contributed by atoms with Crippen LogP contribution in [0.1, 0.15) is 18.4 Å². The molecular formula is C23H25N3O3. The zero-order valence-corrected chi connectivity index (χ0v) is 16.3. The Morgan fingerprint density at radius 2 is 1.66 bits per heavy atom. The molecule has 0 aliphatic carbocycles. The van der Waals surface area contributed by atoms with E-state index >= 15 is 0 Å². The van der Waals surface area contributed by atoms with Gasteiger partial charge in [0.15, 0.2) is 5.76 Å². The van der Waals surface area contributed by atoms with Gasteiger partial charge in [-0.15, -0.1) is 0 Å². The van der Waals surface area contributed by atoms with Crippen molar-refractivity contribution in [3.8, 4) is 11.3 Å². The molecule has 0 saturated carbocycles. The summed E-state index contributed by atoms with van der Waals surface area (Å²) in [5.74, 6) is -0.205. The highest BCUT2D eigenvalue weighted by atomic mass is 16.4. The molecule has 6 heteroatoms. The van der Waals surface area contributed by atoms with Crippen molar-refractivity contribution in [1.82, 2.24) is 14.8 Å². The fraction of sp³-hybridized carbons (Fsp3) is 0.304. The molecule has 1 aliphatic heterocycles. The third-order valence-corrected chi connectivity index (χ3v) is 5.28. The van der Waals surface area contributed by atoms with E-state index in [4.69, 9.17) is 4.42 Å². The first-order valence-electron chi connectivity index (χ1n) is 9.99. The van der Waals surface area contributed by atoms with Gasteiger partial charge in [0.05, 0.1) is 6.20 Å². The Morgan fingerprint density at radius 3 is 2.34 bits per heavy atom. The van der Waals surface area contributed by atoms with Crippen molar-refractivity contribution in [1.29, 1.82) is 0 Å². The van der Waals surface area contributed by atoms with Crippen LogP contribution in [0.25, 0.3) is 11.3 Å². The van der Waals surface area contributed by atoms with Crippen molar-refractivity contribution in [2.45, 2.75) is 32.0 Å². The Kier molecular flexibility index (Phi) is 5.91. The summed E-state index contributed by atoms with van der Waals surface area (Å²) in [6, 6.07) is 20.0. The van der Waals surface area contributed by atoms with Crippen LogP contribution in [-0.2, 0) is 17.9 Å². The molecule has 0 bridgehead atoms. The number of rotatable bonds is 6. The van der Waals surface area contributed by atoms with Crippen molar-refractivity contribution in [3.63, 3.8) is 0 Å². The van der Waals surface area contributed by atoms with Crippen molar-refractivity contribution < 1.29 is 9.21 Å². The van der Waals surface area contributed by atoms with Gasteiger partial charge < -0.3 is 9.73 Å². The molecule has 150 valence electrons. The zero-order chi connectivity index (χ0) is 20.1. The normalized spacial score (nSPS) is 15.3. The third-order valence-electron chi connectivity index (χ3n) is 5.28. The number of hydrogen-bond donors (Lipinski definition) is 1. The highest BCUT2D eigenvalue weighted by Gasteiger charge is 2.21. The van der Waals surface area contributed by atoms with Crippen LogP contribution in [0.2, 0.25) is 0 Å². The number of likely N-dealkylation sites (tertiary alicyclic amines) is 1. The summed E-state index contributed by atoms with van der Waals surface area (Å²) < 4.78 is 6.60. The highest BCUT2D eigenvalue weighted by molar-refractivity contribution is 5.76. The van der Waals surface area contributed by atoms with E-state index in [-0.39, 0.29) is 18.5 Å². The molecule has 3 aromatic rings. The lowest BCUT2D eigenvalue weighted by atomic mass is 10.0. The summed E-state index contributed by atoms with van der Waals surface area (Å²) in [5, 5.41) is 3.06. The van der Waals surface area contributed by atoms with Gasteiger partial charge in [0.2, 0.25) is 5.91 Å². The van der Waals surface area contributed by atoms with E-state index in [1.807, 2.05) is 36.4 Å². The van der Waals surface area contributed by atoms with E-state index in [9.17, 15) is 9.59 Å². The molecule has 0 unspecified atom stereocenters. The van der Waals surface area contributed by atoms with Gasteiger partial charge in [-0.2, -0.15) is 0 Å². The number of carbonyl (C=O) groups is 1. The van der Waals surface area contributed by atoms with Gasteiger partial charge in [0.25, 0.3) is 0 Å². The number of benzene rings is 2. The van der Waals surface area contributed by atoms with E-state index in [1.54, 1.807) is 6.20 Å². The van der Waals surface area contributed by atoms with Crippen LogP contribution in [0, 0.1) is 0 Å². The molecule has 6 nitrogen and oxygen atoms in total. The molecule has 1 saturated heterocycles. The van der Waals surface area contributed by atoms with E-state index < -0.39 is 5.76 Å². The number of nitrogens with one attached hydrogen (secondary N) is 1. The summed E-state index contributed by atoms with van der Waals surface area (Å²) in [4.78, 5) is 26.9. The average molecular weight is 391 g/mol. The van der Waals surface area contributed by atoms with Crippen LogP contribution in [0.5, 0.6) is 0 Å². The average Bonchev–Trinajstić information content (AvgIpc) is 3.11. The molecule has 2 heterocycles. The lowest BCUT2D eigenvalue weighted by Gasteiger charge is -2.32. The second kappa shape index (κ2) is 8.92. The predicted molar refractivity (Wildman–Crippen MR) is 111 cm³/mol. The van der Waals surface area contributed by atoms with Crippen LogP contribution < -0.4 is 11.1 Å². The predicted octanol–water partition coefficient (Wildman–Crippen LogP) is 2.89. The maximum atomic E-state index is 12.4. The first-order chi connectivity index (χ1) is 14.2. The molecule has 0 radical (unpaired) electrons. The number of carbonyl (C=O) groups excluding carboxylic acids is 1. The molecule has 1 fully saturated rings. The Balaban J connectivity index is 1.28. The molecular weight excluding hydrogens is 366 g/mol. The molecule has 4 rings (SSSR count). The Hall–Kier alpha value is -3.12. The van der Waals surface area contributed by atoms with E-state index in [1.165, 1.54) is 10.1 Å². The second-order valence-electron chi connectivity index (χ2n) is 7.46. The smallest absolute Gasteiger partial charge is 0.408 e. The first-order valence-corrected chi connectivity index (χ1v) is 9.99. The van der Waals surface area contributed by atoms with Crippen LogP contribution in [0.4, 0.5) is 0 Å². The molecule has 1 N–H and O–H groups in total. The number of hydrogen-bond acceptors (Lipinski definition) is 4. The monoisotopic (exact) mass is 391 g/mol. The SMILES string of the molecule is O=C(Cn1cc(-c2ccccc2)oc1=O)NC1CCN(Cc2ccccc2)CC1.